The van der Waals surface area contributed by atoms with Crippen LogP contribution in [0.1, 0.15) is 96.1 Å². The van der Waals surface area contributed by atoms with Gasteiger partial charge in [0.2, 0.25) is 13.6 Å². The second kappa shape index (κ2) is 14.7. The van der Waals surface area contributed by atoms with Gasteiger partial charge < -0.3 is 23.7 Å². The smallest absolute Gasteiger partial charge is 0.314 e. The molecule has 2 aromatic carbocycles. The summed E-state index contributed by atoms with van der Waals surface area (Å²) in [7, 11) is 0. The van der Waals surface area contributed by atoms with E-state index in [1.54, 1.807) is 78.0 Å². The molecule has 0 unspecified atom stereocenters. The Hall–Kier alpha value is -3.81. The lowest BCUT2D eigenvalue weighted by atomic mass is 9.97. The SMILES string of the molecule is CCCOc1cc(OCOC(=O)C(C)(C)C)c(C(C)C)cc1C=CC(=O)c1ccc(OCOC(=O)C(C)(C)C)cc1. The topological polar surface area (TPSA) is 97.4 Å². The zero-order valence-electron chi connectivity index (χ0n) is 25.8. The molecular weight excluding hydrogens is 524 g/mol. The Balaban J connectivity index is 2.18. The number of ketones is 1. The fourth-order valence-corrected chi connectivity index (χ4v) is 3.35. The first-order valence-corrected chi connectivity index (χ1v) is 13.9. The summed E-state index contributed by atoms with van der Waals surface area (Å²) in [6.07, 6.45) is 4.01. The number of carbonyl (C=O) groups is 3. The fraction of sp³-hybridized carbons (Fsp3) is 0.485. The van der Waals surface area contributed by atoms with Gasteiger partial charge in [-0.1, -0.05) is 20.8 Å². The summed E-state index contributed by atoms with van der Waals surface area (Å²) < 4.78 is 27.7. The Kier molecular flexibility index (Phi) is 12.0. The standard InChI is InChI=1S/C33H44O8/c1-10-17-37-28-19-29(39-21-41-31(36)33(7,8)9)26(22(2)3)18-24(28)13-16-27(34)23-11-14-25(15-12-23)38-20-40-30(35)32(4,5)6/h11-16,18-19,22H,10,17,20-21H2,1-9H3. The van der Waals surface area contributed by atoms with Crippen LogP contribution in [-0.4, -0.2) is 37.9 Å². The Morgan fingerprint density at radius 1 is 0.780 bits per heavy atom. The largest absolute Gasteiger partial charge is 0.493 e. The van der Waals surface area contributed by atoms with E-state index < -0.39 is 10.8 Å². The fourth-order valence-electron chi connectivity index (χ4n) is 3.35. The van der Waals surface area contributed by atoms with Crippen molar-refractivity contribution in [3.63, 3.8) is 0 Å². The lowest BCUT2D eigenvalue weighted by Gasteiger charge is -2.20. The molecular formula is C33H44O8. The normalized spacial score (nSPS) is 11.9. The maximum absolute atomic E-state index is 12.9. The van der Waals surface area contributed by atoms with Gasteiger partial charge in [0.15, 0.2) is 5.78 Å². The van der Waals surface area contributed by atoms with E-state index in [-0.39, 0.29) is 37.2 Å². The van der Waals surface area contributed by atoms with Gasteiger partial charge in [0, 0.05) is 17.2 Å². The van der Waals surface area contributed by atoms with E-state index in [2.05, 4.69) is 0 Å². The van der Waals surface area contributed by atoms with E-state index in [4.69, 9.17) is 23.7 Å². The van der Waals surface area contributed by atoms with Gasteiger partial charge in [-0.3, -0.25) is 14.4 Å². The van der Waals surface area contributed by atoms with Gasteiger partial charge >= 0.3 is 11.9 Å². The second-order valence-corrected chi connectivity index (χ2v) is 12.0. The molecule has 0 heterocycles. The van der Waals surface area contributed by atoms with Crippen molar-refractivity contribution < 1.29 is 38.1 Å². The monoisotopic (exact) mass is 568 g/mol. The Morgan fingerprint density at radius 2 is 1.34 bits per heavy atom. The molecule has 0 bridgehead atoms. The van der Waals surface area contributed by atoms with Crippen LogP contribution in [0.2, 0.25) is 0 Å². The minimum atomic E-state index is -0.630. The van der Waals surface area contributed by atoms with Gasteiger partial charge in [0.25, 0.3) is 0 Å². The predicted octanol–water partition coefficient (Wildman–Crippen LogP) is 7.35. The minimum Gasteiger partial charge on any atom is -0.493 e. The van der Waals surface area contributed by atoms with E-state index in [9.17, 15) is 14.4 Å². The highest BCUT2D eigenvalue weighted by molar-refractivity contribution is 6.07. The third-order valence-corrected chi connectivity index (χ3v) is 5.82. The zero-order valence-corrected chi connectivity index (χ0v) is 25.8. The van der Waals surface area contributed by atoms with E-state index in [0.717, 1.165) is 17.5 Å². The van der Waals surface area contributed by atoms with E-state index in [0.29, 0.717) is 29.4 Å². The second-order valence-electron chi connectivity index (χ2n) is 12.0. The Morgan fingerprint density at radius 3 is 1.85 bits per heavy atom. The molecule has 8 heteroatoms. The molecule has 41 heavy (non-hydrogen) atoms. The number of rotatable bonds is 13. The van der Waals surface area contributed by atoms with Gasteiger partial charge in [-0.25, -0.2) is 0 Å². The van der Waals surface area contributed by atoms with Crippen LogP contribution in [0, 0.1) is 10.8 Å². The molecule has 0 N–H and O–H groups in total. The van der Waals surface area contributed by atoms with Crippen LogP contribution in [0.15, 0.2) is 42.5 Å². The number of hydrogen-bond acceptors (Lipinski definition) is 8. The average Bonchev–Trinajstić information content (AvgIpc) is 2.89. The maximum atomic E-state index is 12.9. The molecule has 0 aliphatic carbocycles. The van der Waals surface area contributed by atoms with Gasteiger partial charge in [0.05, 0.1) is 17.4 Å². The van der Waals surface area contributed by atoms with E-state index in [1.165, 1.54) is 6.08 Å². The highest BCUT2D eigenvalue weighted by Gasteiger charge is 2.24. The van der Waals surface area contributed by atoms with Crippen molar-refractivity contribution in [2.24, 2.45) is 10.8 Å². The molecule has 0 radical (unpaired) electrons. The molecule has 2 aromatic rings. The summed E-state index contributed by atoms with van der Waals surface area (Å²) in [5.74, 6) is 0.784. The molecule has 2 rings (SSSR count). The van der Waals surface area contributed by atoms with Crippen LogP contribution >= 0.6 is 0 Å². The van der Waals surface area contributed by atoms with Crippen LogP contribution in [0.3, 0.4) is 0 Å². The number of ether oxygens (including phenoxy) is 5. The van der Waals surface area contributed by atoms with Crippen LogP contribution in [0.5, 0.6) is 17.2 Å². The summed E-state index contributed by atoms with van der Waals surface area (Å²) in [6.45, 7) is 16.8. The van der Waals surface area contributed by atoms with Gasteiger partial charge in [-0.2, -0.15) is 0 Å². The first kappa shape index (κ1) is 33.4. The Bertz CT molecular complexity index is 1210. The van der Waals surface area contributed by atoms with E-state index in [1.807, 2.05) is 26.8 Å². The summed E-state index contributed by atoms with van der Waals surface area (Å²) in [5.41, 5.74) is 0.852. The molecule has 0 atom stereocenters. The van der Waals surface area contributed by atoms with Crippen molar-refractivity contribution in [3.05, 3.63) is 59.2 Å². The molecule has 0 saturated carbocycles. The van der Waals surface area contributed by atoms with E-state index >= 15 is 0 Å². The predicted molar refractivity (Wildman–Crippen MR) is 158 cm³/mol. The third-order valence-electron chi connectivity index (χ3n) is 5.82. The van der Waals surface area contributed by atoms with Gasteiger partial charge in [0.1, 0.15) is 17.2 Å². The third kappa shape index (κ3) is 10.6. The maximum Gasteiger partial charge on any atom is 0.314 e. The summed E-state index contributed by atoms with van der Waals surface area (Å²) in [4.78, 5) is 36.9. The molecule has 0 fully saturated rings. The van der Waals surface area contributed by atoms with Crippen molar-refractivity contribution in [1.29, 1.82) is 0 Å². The first-order chi connectivity index (χ1) is 19.1. The van der Waals surface area contributed by atoms with Crippen LogP contribution in [0.4, 0.5) is 0 Å². The zero-order chi connectivity index (χ0) is 30.8. The number of benzene rings is 2. The highest BCUT2D eigenvalue weighted by atomic mass is 16.7. The molecule has 8 nitrogen and oxygen atoms in total. The number of carbonyl (C=O) groups excluding carboxylic acids is 3. The molecule has 224 valence electrons. The Labute approximate surface area is 244 Å². The summed E-state index contributed by atoms with van der Waals surface area (Å²) in [6, 6.07) is 10.3. The van der Waals surface area contributed by atoms with Crippen molar-refractivity contribution in [2.45, 2.75) is 74.7 Å². The average molecular weight is 569 g/mol. The lowest BCUT2D eigenvalue weighted by Crippen LogP contribution is -2.24. The minimum absolute atomic E-state index is 0.0987. The van der Waals surface area contributed by atoms with Gasteiger partial charge in [-0.05, 0) is 102 Å². The summed E-state index contributed by atoms with van der Waals surface area (Å²) in [5, 5.41) is 0. The quantitative estimate of drug-likeness (QED) is 0.107. The summed E-state index contributed by atoms with van der Waals surface area (Å²) >= 11 is 0. The van der Waals surface area contributed by atoms with Crippen LogP contribution in [0.25, 0.3) is 6.08 Å². The molecule has 0 aliphatic rings. The molecule has 0 saturated heterocycles. The van der Waals surface area contributed by atoms with Crippen molar-refractivity contribution in [2.75, 3.05) is 20.2 Å². The first-order valence-electron chi connectivity index (χ1n) is 13.9. The van der Waals surface area contributed by atoms with Gasteiger partial charge in [-0.15, -0.1) is 0 Å². The number of esters is 2. The van der Waals surface area contributed by atoms with Crippen molar-refractivity contribution in [1.82, 2.24) is 0 Å². The molecule has 0 spiro atoms. The van der Waals surface area contributed by atoms with Crippen LogP contribution < -0.4 is 14.2 Å². The lowest BCUT2D eigenvalue weighted by molar-refractivity contribution is -0.160. The molecule has 0 aliphatic heterocycles. The van der Waals surface area contributed by atoms with Crippen LogP contribution in [-0.2, 0) is 19.1 Å². The highest BCUT2D eigenvalue weighted by Crippen LogP contribution is 2.35. The van der Waals surface area contributed by atoms with Crippen molar-refractivity contribution in [3.8, 4) is 17.2 Å². The number of allylic oxidation sites excluding steroid dienone is 1. The molecule has 0 aromatic heterocycles. The number of hydrogen-bond donors (Lipinski definition) is 0. The molecule has 0 amide bonds. The van der Waals surface area contributed by atoms with Crippen molar-refractivity contribution >= 4 is 23.8 Å².